The van der Waals surface area contributed by atoms with Gasteiger partial charge < -0.3 is 10.3 Å². The molecule has 0 fully saturated rings. The molecule has 0 aliphatic heterocycles. The van der Waals surface area contributed by atoms with Crippen LogP contribution in [0.15, 0.2) is 35.2 Å². The lowest BCUT2D eigenvalue weighted by atomic mass is 10.2. The zero-order valence-electron chi connectivity index (χ0n) is 8.62. The maximum atomic E-state index is 11.5. The number of amides is 1. The summed E-state index contributed by atoms with van der Waals surface area (Å²) in [4.78, 5) is 18.6. The van der Waals surface area contributed by atoms with E-state index in [0.717, 1.165) is 11.3 Å². The Hall–Kier alpha value is -1.62. The van der Waals surface area contributed by atoms with Gasteiger partial charge in [-0.05, 0) is 34.1 Å². The molecule has 16 heavy (non-hydrogen) atoms. The van der Waals surface area contributed by atoms with Crippen molar-refractivity contribution in [3.05, 3.63) is 40.8 Å². The highest BCUT2D eigenvalue weighted by atomic mass is 79.9. The fraction of sp³-hybridized carbons (Fsp3) is 0.0909. The molecule has 2 aromatic rings. The number of halogens is 1. The van der Waals surface area contributed by atoms with Gasteiger partial charge in [-0.15, -0.1) is 0 Å². The van der Waals surface area contributed by atoms with E-state index in [1.54, 1.807) is 25.5 Å². The van der Waals surface area contributed by atoms with Gasteiger partial charge >= 0.3 is 0 Å². The Morgan fingerprint density at radius 3 is 2.75 bits per heavy atom. The molecule has 0 saturated carbocycles. The molecular weight excluding hydrogens is 270 g/mol. The molecule has 2 rings (SSSR count). The maximum absolute atomic E-state index is 11.5. The first kappa shape index (κ1) is 10.9. The van der Waals surface area contributed by atoms with Crippen LogP contribution in [0, 0.1) is 0 Å². The highest BCUT2D eigenvalue weighted by molar-refractivity contribution is 9.10. The van der Waals surface area contributed by atoms with Gasteiger partial charge in [0.25, 0.3) is 5.91 Å². The number of carbonyl (C=O) groups excluding carboxylic acids is 1. The third-order valence-corrected chi connectivity index (χ3v) is 2.86. The van der Waals surface area contributed by atoms with Crippen LogP contribution in [0.2, 0.25) is 0 Å². The van der Waals surface area contributed by atoms with Crippen molar-refractivity contribution in [1.82, 2.24) is 15.3 Å². The summed E-state index contributed by atoms with van der Waals surface area (Å²) in [5.74, 6) is -0.122. The first-order valence-electron chi connectivity index (χ1n) is 4.73. The van der Waals surface area contributed by atoms with Crippen molar-refractivity contribution in [3.63, 3.8) is 0 Å². The Morgan fingerprint density at radius 2 is 2.12 bits per heavy atom. The van der Waals surface area contributed by atoms with Gasteiger partial charge in [0.15, 0.2) is 0 Å². The van der Waals surface area contributed by atoms with Crippen molar-refractivity contribution in [2.24, 2.45) is 0 Å². The Labute approximate surface area is 101 Å². The predicted molar refractivity (Wildman–Crippen MR) is 65.1 cm³/mol. The summed E-state index contributed by atoms with van der Waals surface area (Å²) in [7, 11) is 1.61. The van der Waals surface area contributed by atoms with Crippen LogP contribution in [-0.2, 0) is 0 Å². The van der Waals surface area contributed by atoms with Crippen molar-refractivity contribution in [3.8, 4) is 11.3 Å². The predicted octanol–water partition coefficient (Wildman–Crippen LogP) is 2.20. The van der Waals surface area contributed by atoms with Gasteiger partial charge in [0.2, 0.25) is 0 Å². The van der Waals surface area contributed by atoms with Gasteiger partial charge in [-0.25, -0.2) is 0 Å². The van der Waals surface area contributed by atoms with Crippen LogP contribution in [0.5, 0.6) is 0 Å². The number of aromatic nitrogens is 2. The molecule has 0 saturated heterocycles. The number of hydrogen-bond donors (Lipinski definition) is 2. The molecule has 0 aliphatic rings. The van der Waals surface area contributed by atoms with Crippen LogP contribution in [0.4, 0.5) is 0 Å². The summed E-state index contributed by atoms with van der Waals surface area (Å²) in [6.07, 6.45) is 3.42. The molecule has 1 amide bonds. The Morgan fingerprint density at radius 1 is 1.44 bits per heavy atom. The summed E-state index contributed by atoms with van der Waals surface area (Å²) in [5, 5.41) is 2.59. The van der Waals surface area contributed by atoms with Crippen LogP contribution >= 0.6 is 15.9 Å². The van der Waals surface area contributed by atoms with Crippen LogP contribution in [-0.4, -0.2) is 22.9 Å². The molecule has 0 atom stereocenters. The Balaban J connectivity index is 2.42. The molecule has 0 aliphatic carbocycles. The molecule has 82 valence electrons. The number of rotatable bonds is 2. The van der Waals surface area contributed by atoms with E-state index in [2.05, 4.69) is 31.2 Å². The largest absolute Gasteiger partial charge is 0.355 e. The van der Waals surface area contributed by atoms with Gasteiger partial charge in [0.05, 0.1) is 10.2 Å². The lowest BCUT2D eigenvalue weighted by Crippen LogP contribution is -2.17. The average Bonchev–Trinajstić information content (AvgIpc) is 2.71. The second-order valence-electron chi connectivity index (χ2n) is 3.23. The van der Waals surface area contributed by atoms with Gasteiger partial charge in [-0.2, -0.15) is 0 Å². The van der Waals surface area contributed by atoms with Gasteiger partial charge in [-0.3, -0.25) is 9.78 Å². The summed E-state index contributed by atoms with van der Waals surface area (Å²) < 4.78 is 0.679. The van der Waals surface area contributed by atoms with E-state index in [-0.39, 0.29) is 5.91 Å². The summed E-state index contributed by atoms with van der Waals surface area (Å²) in [6.45, 7) is 0. The monoisotopic (exact) mass is 279 g/mol. The highest BCUT2D eigenvalue weighted by Gasteiger charge is 2.12. The zero-order chi connectivity index (χ0) is 11.5. The average molecular weight is 280 g/mol. The maximum Gasteiger partial charge on any atom is 0.253 e. The molecule has 5 heteroatoms. The highest BCUT2D eigenvalue weighted by Crippen LogP contribution is 2.24. The number of nitrogens with zero attached hydrogens (tertiary/aromatic N) is 1. The van der Waals surface area contributed by atoms with E-state index < -0.39 is 0 Å². The number of carbonyl (C=O) groups is 1. The number of nitrogens with one attached hydrogen (secondary N) is 2. The molecule has 0 aromatic carbocycles. The van der Waals surface area contributed by atoms with Crippen LogP contribution in [0.1, 0.15) is 10.4 Å². The van der Waals surface area contributed by atoms with Gasteiger partial charge in [0.1, 0.15) is 0 Å². The fourth-order valence-electron chi connectivity index (χ4n) is 1.42. The lowest BCUT2D eigenvalue weighted by Gasteiger charge is -1.95. The van der Waals surface area contributed by atoms with Crippen molar-refractivity contribution in [1.29, 1.82) is 0 Å². The molecule has 2 aromatic heterocycles. The SMILES string of the molecule is CNC(=O)c1cc(-c2ccncc2)[nH]c1Br. The second kappa shape index (κ2) is 4.49. The van der Waals surface area contributed by atoms with Gasteiger partial charge in [-0.1, -0.05) is 0 Å². The van der Waals surface area contributed by atoms with Crippen LogP contribution < -0.4 is 5.32 Å². The lowest BCUT2D eigenvalue weighted by molar-refractivity contribution is 0.0962. The van der Waals surface area contributed by atoms with E-state index in [1.807, 2.05) is 12.1 Å². The van der Waals surface area contributed by atoms with Crippen molar-refractivity contribution in [2.45, 2.75) is 0 Å². The van der Waals surface area contributed by atoms with E-state index in [1.165, 1.54) is 0 Å². The molecular formula is C11H10BrN3O. The molecule has 0 bridgehead atoms. The molecule has 0 spiro atoms. The molecule has 2 N–H and O–H groups in total. The standard InChI is InChI=1S/C11H10BrN3O/c1-13-11(16)8-6-9(15-10(8)12)7-2-4-14-5-3-7/h2-6,15H,1H3,(H,13,16). The third kappa shape index (κ3) is 1.99. The molecule has 0 unspecified atom stereocenters. The minimum absolute atomic E-state index is 0.122. The summed E-state index contributed by atoms with van der Waals surface area (Å²) in [5.41, 5.74) is 2.47. The number of aromatic amines is 1. The van der Waals surface area contributed by atoms with Gasteiger partial charge in [0, 0.05) is 30.7 Å². The van der Waals surface area contributed by atoms with Crippen LogP contribution in [0.3, 0.4) is 0 Å². The molecule has 4 nitrogen and oxygen atoms in total. The van der Waals surface area contributed by atoms with Crippen molar-refractivity contribution < 1.29 is 4.79 Å². The molecule has 2 heterocycles. The van der Waals surface area contributed by atoms with Crippen molar-refractivity contribution in [2.75, 3.05) is 7.05 Å². The normalized spacial score (nSPS) is 10.1. The number of hydrogen-bond acceptors (Lipinski definition) is 2. The quantitative estimate of drug-likeness (QED) is 0.886. The van der Waals surface area contributed by atoms with Crippen LogP contribution in [0.25, 0.3) is 11.3 Å². The first-order chi connectivity index (χ1) is 7.72. The number of H-pyrrole nitrogens is 1. The smallest absolute Gasteiger partial charge is 0.253 e. The Kier molecular flexibility index (Phi) is 3.05. The first-order valence-corrected chi connectivity index (χ1v) is 5.52. The molecule has 0 radical (unpaired) electrons. The topological polar surface area (TPSA) is 57.8 Å². The minimum Gasteiger partial charge on any atom is -0.355 e. The zero-order valence-corrected chi connectivity index (χ0v) is 10.2. The second-order valence-corrected chi connectivity index (χ2v) is 4.02. The van der Waals surface area contributed by atoms with Crippen molar-refractivity contribution >= 4 is 21.8 Å². The third-order valence-electron chi connectivity index (χ3n) is 2.23. The number of pyridine rings is 1. The minimum atomic E-state index is -0.122. The van der Waals surface area contributed by atoms with E-state index in [9.17, 15) is 4.79 Å². The van der Waals surface area contributed by atoms with E-state index in [0.29, 0.717) is 10.2 Å². The van der Waals surface area contributed by atoms with E-state index in [4.69, 9.17) is 0 Å². The summed E-state index contributed by atoms with van der Waals surface area (Å²) >= 11 is 3.32. The fourth-order valence-corrected chi connectivity index (χ4v) is 1.92. The summed E-state index contributed by atoms with van der Waals surface area (Å²) in [6, 6.07) is 5.57. The Bertz CT molecular complexity index is 507. The van der Waals surface area contributed by atoms with E-state index >= 15 is 0 Å².